The number of carbonyl (C=O) groups is 1. The van der Waals surface area contributed by atoms with Crippen molar-refractivity contribution in [3.63, 3.8) is 0 Å². The molecule has 0 bridgehead atoms. The molecule has 0 aliphatic carbocycles. The molecule has 1 fully saturated rings. The number of fused-ring (bicyclic) bond motifs is 1. The van der Waals surface area contributed by atoms with Crippen molar-refractivity contribution in [3.8, 4) is 17.6 Å². The number of piperidine rings is 1. The first kappa shape index (κ1) is 27.4. The Labute approximate surface area is 219 Å². The zero-order valence-electron chi connectivity index (χ0n) is 21.3. The first-order valence-corrected chi connectivity index (χ1v) is 12.5. The van der Waals surface area contributed by atoms with Crippen LogP contribution in [0.25, 0.3) is 10.9 Å². The Hall–Kier alpha value is -3.61. The summed E-state index contributed by atoms with van der Waals surface area (Å²) < 4.78 is 46.0. The van der Waals surface area contributed by atoms with Gasteiger partial charge in [-0.05, 0) is 74.7 Å². The fraction of sp³-hybridized carbons (Fsp3) is 0.379. The minimum Gasteiger partial charge on any atom is -0.497 e. The molecule has 0 spiro atoms. The maximum atomic E-state index is 13.8. The highest BCUT2D eigenvalue weighted by atomic mass is 19.2. The summed E-state index contributed by atoms with van der Waals surface area (Å²) in [4.78, 5) is 18.5. The van der Waals surface area contributed by atoms with Crippen LogP contribution in [0.15, 0.2) is 42.6 Å². The highest BCUT2D eigenvalue weighted by Crippen LogP contribution is 2.33. The second kappa shape index (κ2) is 12.3. The third-order valence-electron chi connectivity index (χ3n) is 7.21. The number of nitrogens with zero attached hydrogens (tertiary/aromatic N) is 2. The number of pyridine rings is 1. The van der Waals surface area contributed by atoms with E-state index in [1.165, 1.54) is 0 Å². The van der Waals surface area contributed by atoms with Crippen LogP contribution in [0.1, 0.15) is 36.4 Å². The van der Waals surface area contributed by atoms with Crippen molar-refractivity contribution in [1.29, 1.82) is 0 Å². The van der Waals surface area contributed by atoms with Gasteiger partial charge in [0.05, 0.1) is 30.7 Å². The van der Waals surface area contributed by atoms with E-state index < -0.39 is 29.3 Å². The summed E-state index contributed by atoms with van der Waals surface area (Å²) in [5.74, 6) is 1.08. The van der Waals surface area contributed by atoms with E-state index in [4.69, 9.17) is 4.74 Å². The van der Waals surface area contributed by atoms with Gasteiger partial charge in [0.15, 0.2) is 11.6 Å². The molecule has 9 heteroatoms. The van der Waals surface area contributed by atoms with Gasteiger partial charge in [-0.3, -0.25) is 14.7 Å². The molecule has 6 nitrogen and oxygen atoms in total. The summed E-state index contributed by atoms with van der Waals surface area (Å²) in [5.41, 5.74) is 1.59. The molecule has 0 amide bonds. The van der Waals surface area contributed by atoms with Crippen LogP contribution in [-0.4, -0.2) is 54.8 Å². The fourth-order valence-electron chi connectivity index (χ4n) is 5.14. The number of halogens is 3. The summed E-state index contributed by atoms with van der Waals surface area (Å²) in [5, 5.41) is 14.3. The van der Waals surface area contributed by atoms with Gasteiger partial charge in [0.1, 0.15) is 11.6 Å². The van der Waals surface area contributed by atoms with E-state index in [1.807, 2.05) is 36.2 Å². The van der Waals surface area contributed by atoms with Crippen LogP contribution in [0.3, 0.4) is 0 Å². The Morgan fingerprint density at radius 1 is 1.26 bits per heavy atom. The molecule has 2 aromatic carbocycles. The van der Waals surface area contributed by atoms with Gasteiger partial charge in [0.2, 0.25) is 0 Å². The lowest BCUT2D eigenvalue weighted by molar-refractivity contribution is -0.146. The number of carboxylic acid groups (broad SMARTS) is 1. The molecule has 0 saturated carbocycles. The minimum atomic E-state index is -1.29. The quantitative estimate of drug-likeness (QED) is 0.326. The number of nitrogens with one attached hydrogen (secondary N) is 1. The molecule has 200 valence electrons. The van der Waals surface area contributed by atoms with Gasteiger partial charge < -0.3 is 15.2 Å². The van der Waals surface area contributed by atoms with Gasteiger partial charge in [0.25, 0.3) is 0 Å². The first-order chi connectivity index (χ1) is 18.3. The summed E-state index contributed by atoms with van der Waals surface area (Å²) in [6.07, 6.45) is 3.90. The lowest BCUT2D eigenvalue weighted by Gasteiger charge is -2.36. The lowest BCUT2D eigenvalue weighted by atomic mass is 9.81. The van der Waals surface area contributed by atoms with Crippen molar-refractivity contribution in [3.05, 3.63) is 71.2 Å². The van der Waals surface area contributed by atoms with Crippen molar-refractivity contribution in [2.45, 2.75) is 25.3 Å². The average Bonchev–Trinajstić information content (AvgIpc) is 2.91. The molecule has 1 aliphatic heterocycles. The summed E-state index contributed by atoms with van der Waals surface area (Å²) in [6, 6.07) is 9.05. The third kappa shape index (κ3) is 6.26. The highest BCUT2D eigenvalue weighted by molar-refractivity contribution is 5.84. The second-order valence-corrected chi connectivity index (χ2v) is 9.48. The molecule has 2 heterocycles. The number of benzene rings is 2. The zero-order valence-corrected chi connectivity index (χ0v) is 21.3. The number of rotatable bonds is 8. The first-order valence-electron chi connectivity index (χ1n) is 12.5. The molecule has 1 saturated heterocycles. The van der Waals surface area contributed by atoms with Crippen molar-refractivity contribution in [2.24, 2.45) is 11.8 Å². The molecule has 1 aliphatic rings. The van der Waals surface area contributed by atoms with Crippen LogP contribution in [0, 0.1) is 41.1 Å². The number of aromatic nitrogens is 1. The largest absolute Gasteiger partial charge is 0.497 e. The van der Waals surface area contributed by atoms with Crippen LogP contribution in [0.5, 0.6) is 5.75 Å². The third-order valence-corrected chi connectivity index (χ3v) is 7.21. The van der Waals surface area contributed by atoms with E-state index in [0.717, 1.165) is 34.7 Å². The van der Waals surface area contributed by atoms with Gasteiger partial charge in [-0.15, -0.1) is 0 Å². The van der Waals surface area contributed by atoms with Crippen molar-refractivity contribution < 1.29 is 27.8 Å². The Morgan fingerprint density at radius 3 is 2.82 bits per heavy atom. The molecule has 4 rings (SSSR count). The van der Waals surface area contributed by atoms with Crippen LogP contribution in [0.2, 0.25) is 0 Å². The molecule has 2 N–H and O–H groups in total. The number of likely N-dealkylation sites (tertiary alicyclic amines) is 1. The topological polar surface area (TPSA) is 74.7 Å². The van der Waals surface area contributed by atoms with E-state index in [-0.39, 0.29) is 24.1 Å². The SMILES string of the molecule is CN[C@H](CC[C@@H]1CCN(CC#Cc2cc(F)cc(F)c2F)C[C@@H]1C(=O)O)c1ccnc2ccc(OC)cc12. The zero-order chi connectivity index (χ0) is 27.2. The normalized spacial score (nSPS) is 18.6. The fourth-order valence-corrected chi connectivity index (χ4v) is 5.14. The molecule has 1 aromatic heterocycles. The Morgan fingerprint density at radius 2 is 2.08 bits per heavy atom. The Kier molecular flexibility index (Phi) is 8.87. The second-order valence-electron chi connectivity index (χ2n) is 9.48. The van der Waals surface area contributed by atoms with E-state index in [9.17, 15) is 23.1 Å². The van der Waals surface area contributed by atoms with Crippen LogP contribution < -0.4 is 10.1 Å². The molecule has 0 unspecified atom stereocenters. The number of carboxylic acids is 1. The summed E-state index contributed by atoms with van der Waals surface area (Å²) in [6.45, 7) is 1.11. The van der Waals surface area contributed by atoms with E-state index >= 15 is 0 Å². The Balaban J connectivity index is 1.42. The van der Waals surface area contributed by atoms with Gasteiger partial charge in [-0.25, -0.2) is 13.2 Å². The predicted octanol–water partition coefficient (Wildman–Crippen LogP) is 4.78. The predicted molar refractivity (Wildman–Crippen MR) is 138 cm³/mol. The molecule has 0 radical (unpaired) electrons. The van der Waals surface area contributed by atoms with Gasteiger partial charge in [-0.2, -0.15) is 0 Å². The average molecular weight is 526 g/mol. The van der Waals surface area contributed by atoms with Crippen LogP contribution >= 0.6 is 0 Å². The van der Waals surface area contributed by atoms with Gasteiger partial charge in [0, 0.05) is 30.2 Å². The Bertz CT molecular complexity index is 1370. The monoisotopic (exact) mass is 525 g/mol. The summed E-state index contributed by atoms with van der Waals surface area (Å²) in [7, 11) is 3.51. The maximum Gasteiger partial charge on any atom is 0.308 e. The van der Waals surface area contributed by atoms with Gasteiger partial charge >= 0.3 is 5.97 Å². The van der Waals surface area contributed by atoms with Crippen LogP contribution in [0.4, 0.5) is 13.2 Å². The molecular weight excluding hydrogens is 495 g/mol. The van der Waals surface area contributed by atoms with E-state index in [1.54, 1.807) is 13.3 Å². The number of hydrogen-bond donors (Lipinski definition) is 2. The summed E-state index contributed by atoms with van der Waals surface area (Å²) >= 11 is 0. The molecule has 3 atom stereocenters. The van der Waals surface area contributed by atoms with E-state index in [2.05, 4.69) is 22.1 Å². The van der Waals surface area contributed by atoms with Crippen molar-refractivity contribution >= 4 is 16.9 Å². The highest BCUT2D eigenvalue weighted by Gasteiger charge is 2.34. The van der Waals surface area contributed by atoms with Gasteiger partial charge in [-0.1, -0.05) is 11.8 Å². The van der Waals surface area contributed by atoms with E-state index in [0.29, 0.717) is 32.0 Å². The van der Waals surface area contributed by atoms with Crippen LogP contribution in [-0.2, 0) is 4.79 Å². The minimum absolute atomic E-state index is 0.00695. The lowest BCUT2D eigenvalue weighted by Crippen LogP contribution is -2.44. The number of hydrogen-bond acceptors (Lipinski definition) is 5. The molecule has 38 heavy (non-hydrogen) atoms. The maximum absolute atomic E-state index is 13.8. The smallest absolute Gasteiger partial charge is 0.308 e. The molecular formula is C29H30F3N3O3. The number of ether oxygens (including phenoxy) is 1. The van der Waals surface area contributed by atoms with Crippen molar-refractivity contribution in [1.82, 2.24) is 15.2 Å². The number of methoxy groups -OCH3 is 1. The van der Waals surface area contributed by atoms with Crippen molar-refractivity contribution in [2.75, 3.05) is 33.8 Å². The number of aliphatic carboxylic acids is 1. The molecule has 3 aromatic rings. The standard InChI is InChI=1S/C29H30F3N3O3/c1-33-26(22-9-11-34-27-8-6-21(38-2)16-23(22)27)7-5-18-10-13-35(17-24(18)29(36)37)12-3-4-19-14-20(30)15-25(31)28(19)32/h6,8-9,11,14-16,18,24,26,33H,5,7,10,12-13,17H2,1-2H3,(H,36,37)/t18-,24+,26-/m1/s1.